The second kappa shape index (κ2) is 8.95. The molecule has 2 unspecified atom stereocenters. The number of hydrogen-bond acceptors (Lipinski definition) is 6. The van der Waals surface area contributed by atoms with Crippen LogP contribution in [0, 0.1) is 0 Å². The Hall–Kier alpha value is -1.14. The van der Waals surface area contributed by atoms with Gasteiger partial charge in [0.2, 0.25) is 0 Å². The molecule has 0 saturated heterocycles. The first-order valence-corrected chi connectivity index (χ1v) is 5.63. The van der Waals surface area contributed by atoms with Gasteiger partial charge in [-0.05, 0) is 13.3 Å². The van der Waals surface area contributed by atoms with Crippen molar-refractivity contribution in [3.8, 4) is 0 Å². The fourth-order valence-corrected chi connectivity index (χ4v) is 1.06. The fourth-order valence-electron chi connectivity index (χ4n) is 1.06. The summed E-state index contributed by atoms with van der Waals surface area (Å²) in [6.07, 6.45) is -0.667. The third-order valence-corrected chi connectivity index (χ3v) is 1.89. The number of carbonyl (C=O) groups excluding carboxylic acids is 2. The molecule has 0 aromatic heterocycles. The van der Waals surface area contributed by atoms with E-state index in [1.807, 2.05) is 6.92 Å². The molecule has 2 atom stereocenters. The van der Waals surface area contributed by atoms with Crippen LogP contribution in [0.4, 0.5) is 0 Å². The van der Waals surface area contributed by atoms with Crippen LogP contribution >= 0.6 is 0 Å². The zero-order valence-corrected chi connectivity index (χ0v) is 10.2. The minimum Gasteiger partial charge on any atom is -0.463 e. The zero-order valence-electron chi connectivity index (χ0n) is 10.2. The fraction of sp³-hybridized carbons (Fsp3) is 0.818. The molecule has 100 valence electrons. The van der Waals surface area contributed by atoms with Crippen LogP contribution < -0.4 is 0 Å². The highest BCUT2D eigenvalue weighted by molar-refractivity contribution is 5.72. The van der Waals surface area contributed by atoms with Crippen molar-refractivity contribution in [2.75, 3.05) is 13.2 Å². The summed E-state index contributed by atoms with van der Waals surface area (Å²) in [6, 6.07) is 0. The van der Waals surface area contributed by atoms with E-state index in [4.69, 9.17) is 14.9 Å². The number of esters is 2. The molecule has 0 amide bonds. The van der Waals surface area contributed by atoms with Gasteiger partial charge in [0.1, 0.15) is 18.8 Å². The van der Waals surface area contributed by atoms with Crippen molar-refractivity contribution in [1.82, 2.24) is 0 Å². The van der Waals surface area contributed by atoms with Gasteiger partial charge in [0.25, 0.3) is 0 Å². The third-order valence-electron chi connectivity index (χ3n) is 1.89. The number of ether oxygens (including phenoxy) is 2. The standard InChI is InChI=1S/C11H20O6/c1-3-4-10(14)17-8(2)5-11(15)16-7-9(13)6-12/h8-9,12-13H,3-7H2,1-2H3. The number of aliphatic hydroxyl groups is 2. The number of rotatable bonds is 8. The molecule has 0 saturated carbocycles. The van der Waals surface area contributed by atoms with Crippen molar-refractivity contribution in [1.29, 1.82) is 0 Å². The quantitative estimate of drug-likeness (QED) is 0.587. The van der Waals surface area contributed by atoms with Gasteiger partial charge in [-0.3, -0.25) is 9.59 Å². The summed E-state index contributed by atoms with van der Waals surface area (Å²) in [6.45, 7) is 2.73. The van der Waals surface area contributed by atoms with Gasteiger partial charge in [0.15, 0.2) is 0 Å². The molecule has 0 aromatic rings. The van der Waals surface area contributed by atoms with Crippen LogP contribution in [0.2, 0.25) is 0 Å². The first-order chi connectivity index (χ1) is 7.99. The van der Waals surface area contributed by atoms with Crippen molar-refractivity contribution in [2.45, 2.75) is 45.3 Å². The van der Waals surface area contributed by atoms with E-state index in [9.17, 15) is 9.59 Å². The van der Waals surface area contributed by atoms with Gasteiger partial charge >= 0.3 is 11.9 Å². The predicted molar refractivity (Wildman–Crippen MR) is 59.1 cm³/mol. The average molecular weight is 248 g/mol. The van der Waals surface area contributed by atoms with Crippen molar-refractivity contribution in [3.05, 3.63) is 0 Å². The van der Waals surface area contributed by atoms with E-state index < -0.39 is 24.8 Å². The molecule has 2 N–H and O–H groups in total. The second-order valence-corrected chi connectivity index (χ2v) is 3.77. The van der Waals surface area contributed by atoms with E-state index in [0.29, 0.717) is 12.8 Å². The normalized spacial score (nSPS) is 13.9. The van der Waals surface area contributed by atoms with Crippen molar-refractivity contribution in [3.63, 3.8) is 0 Å². The Morgan fingerprint density at radius 2 is 1.94 bits per heavy atom. The Balaban J connectivity index is 3.76. The molecule has 0 radical (unpaired) electrons. The van der Waals surface area contributed by atoms with Crippen LogP contribution in [-0.2, 0) is 19.1 Å². The molecule has 0 aliphatic carbocycles. The summed E-state index contributed by atoms with van der Waals surface area (Å²) in [4.78, 5) is 22.3. The summed E-state index contributed by atoms with van der Waals surface area (Å²) < 4.78 is 9.61. The molecule has 0 aromatic carbocycles. The van der Waals surface area contributed by atoms with Crippen molar-refractivity contribution < 1.29 is 29.3 Å². The highest BCUT2D eigenvalue weighted by atomic mass is 16.6. The van der Waals surface area contributed by atoms with E-state index >= 15 is 0 Å². The van der Waals surface area contributed by atoms with Crippen LogP contribution in [0.3, 0.4) is 0 Å². The van der Waals surface area contributed by atoms with Crippen LogP contribution in [0.15, 0.2) is 0 Å². The Bertz CT molecular complexity index is 240. The first-order valence-electron chi connectivity index (χ1n) is 5.63. The zero-order chi connectivity index (χ0) is 13.3. The van der Waals surface area contributed by atoms with E-state index in [-0.39, 0.29) is 19.0 Å². The summed E-state index contributed by atoms with van der Waals surface area (Å²) in [7, 11) is 0. The summed E-state index contributed by atoms with van der Waals surface area (Å²) in [5, 5.41) is 17.4. The van der Waals surface area contributed by atoms with Gasteiger partial charge in [0.05, 0.1) is 13.0 Å². The molecule has 0 aliphatic rings. The Kier molecular flexibility index (Phi) is 8.35. The average Bonchev–Trinajstić information content (AvgIpc) is 2.25. The molecule has 0 bridgehead atoms. The molecule has 6 nitrogen and oxygen atoms in total. The SMILES string of the molecule is CCCC(=O)OC(C)CC(=O)OCC(O)CO. The molecule has 0 rings (SSSR count). The van der Waals surface area contributed by atoms with Crippen LogP contribution in [0.25, 0.3) is 0 Å². The summed E-state index contributed by atoms with van der Waals surface area (Å²) >= 11 is 0. The van der Waals surface area contributed by atoms with Gasteiger partial charge < -0.3 is 19.7 Å². The van der Waals surface area contributed by atoms with Gasteiger partial charge in [-0.1, -0.05) is 6.92 Å². The predicted octanol–water partition coefficient (Wildman–Crippen LogP) is 0.00470. The van der Waals surface area contributed by atoms with Gasteiger partial charge in [-0.15, -0.1) is 0 Å². The number of aliphatic hydroxyl groups excluding tert-OH is 2. The topological polar surface area (TPSA) is 93.1 Å². The van der Waals surface area contributed by atoms with Crippen molar-refractivity contribution >= 4 is 11.9 Å². The Morgan fingerprint density at radius 3 is 2.47 bits per heavy atom. The maximum Gasteiger partial charge on any atom is 0.309 e. The second-order valence-electron chi connectivity index (χ2n) is 3.77. The molecular weight excluding hydrogens is 228 g/mol. The number of carbonyl (C=O) groups is 2. The molecule has 17 heavy (non-hydrogen) atoms. The summed E-state index contributed by atoms with van der Waals surface area (Å²) in [5.41, 5.74) is 0. The lowest BCUT2D eigenvalue weighted by molar-refractivity contribution is -0.155. The van der Waals surface area contributed by atoms with Crippen LogP contribution in [-0.4, -0.2) is 47.6 Å². The van der Waals surface area contributed by atoms with E-state index in [2.05, 4.69) is 4.74 Å². The van der Waals surface area contributed by atoms with E-state index in [0.717, 1.165) is 0 Å². The molecular formula is C11H20O6. The van der Waals surface area contributed by atoms with Gasteiger partial charge in [0, 0.05) is 6.42 Å². The Labute approximate surface area is 101 Å². The lowest BCUT2D eigenvalue weighted by Crippen LogP contribution is -2.25. The van der Waals surface area contributed by atoms with Gasteiger partial charge in [-0.2, -0.15) is 0 Å². The van der Waals surface area contributed by atoms with Crippen LogP contribution in [0.5, 0.6) is 0 Å². The largest absolute Gasteiger partial charge is 0.463 e. The summed E-state index contributed by atoms with van der Waals surface area (Å²) in [5.74, 6) is -0.919. The molecule has 0 spiro atoms. The highest BCUT2D eigenvalue weighted by Crippen LogP contribution is 2.03. The first kappa shape index (κ1) is 15.9. The van der Waals surface area contributed by atoms with Gasteiger partial charge in [-0.25, -0.2) is 0 Å². The van der Waals surface area contributed by atoms with E-state index in [1.165, 1.54) is 0 Å². The lowest BCUT2D eigenvalue weighted by Gasteiger charge is -2.13. The maximum atomic E-state index is 11.2. The minimum absolute atomic E-state index is 0.0619. The maximum absolute atomic E-state index is 11.2. The monoisotopic (exact) mass is 248 g/mol. The molecule has 0 aliphatic heterocycles. The molecule has 6 heteroatoms. The third kappa shape index (κ3) is 8.65. The molecule has 0 fully saturated rings. The minimum atomic E-state index is -1.07. The molecule has 0 heterocycles. The number of hydrogen-bond donors (Lipinski definition) is 2. The van der Waals surface area contributed by atoms with Crippen LogP contribution in [0.1, 0.15) is 33.1 Å². The van der Waals surface area contributed by atoms with Crippen molar-refractivity contribution in [2.24, 2.45) is 0 Å². The smallest absolute Gasteiger partial charge is 0.309 e. The Morgan fingerprint density at radius 1 is 1.29 bits per heavy atom. The lowest BCUT2D eigenvalue weighted by atomic mass is 10.3. The highest BCUT2D eigenvalue weighted by Gasteiger charge is 2.15. The van der Waals surface area contributed by atoms with E-state index in [1.54, 1.807) is 6.92 Å².